The molecule has 0 aromatic rings. The summed E-state index contributed by atoms with van der Waals surface area (Å²) < 4.78 is 37.4. The van der Waals surface area contributed by atoms with Crippen LogP contribution in [0.3, 0.4) is 0 Å². The Balaban J connectivity index is 2.31. The van der Waals surface area contributed by atoms with Crippen LogP contribution in [0, 0.1) is 17.8 Å². The molecule has 96 valence electrons. The van der Waals surface area contributed by atoms with Crippen molar-refractivity contribution in [3.8, 4) is 0 Å². The summed E-state index contributed by atoms with van der Waals surface area (Å²) >= 11 is 0. The maximum atomic E-state index is 12.5. The van der Waals surface area contributed by atoms with E-state index in [4.69, 9.17) is 0 Å². The van der Waals surface area contributed by atoms with Gasteiger partial charge < -0.3 is 0 Å². The SMILES string of the molecule is CCCCC(C)C1CCC(C(F)(F)F)CC1. The van der Waals surface area contributed by atoms with E-state index in [9.17, 15) is 13.2 Å². The van der Waals surface area contributed by atoms with Crippen molar-refractivity contribution in [2.75, 3.05) is 0 Å². The van der Waals surface area contributed by atoms with E-state index < -0.39 is 12.1 Å². The van der Waals surface area contributed by atoms with Crippen molar-refractivity contribution < 1.29 is 13.2 Å². The highest BCUT2D eigenvalue weighted by molar-refractivity contribution is 4.79. The third-order valence-electron chi connectivity index (χ3n) is 4.05. The molecule has 0 heterocycles. The maximum Gasteiger partial charge on any atom is 0.391 e. The second-order valence-corrected chi connectivity index (χ2v) is 5.27. The fourth-order valence-corrected chi connectivity index (χ4v) is 2.78. The first-order valence-corrected chi connectivity index (χ1v) is 6.51. The van der Waals surface area contributed by atoms with Gasteiger partial charge in [0.1, 0.15) is 0 Å². The van der Waals surface area contributed by atoms with Crippen LogP contribution in [-0.2, 0) is 0 Å². The molecular weight excluding hydrogens is 213 g/mol. The molecule has 0 N–H and O–H groups in total. The molecule has 0 aromatic heterocycles. The maximum absolute atomic E-state index is 12.5. The Kier molecular flexibility index (Phi) is 5.13. The molecule has 0 spiro atoms. The molecule has 0 bridgehead atoms. The van der Waals surface area contributed by atoms with Gasteiger partial charge in [0.15, 0.2) is 0 Å². The molecule has 1 fully saturated rings. The topological polar surface area (TPSA) is 0 Å². The van der Waals surface area contributed by atoms with E-state index in [1.807, 2.05) is 0 Å². The fraction of sp³-hybridized carbons (Fsp3) is 1.00. The fourth-order valence-electron chi connectivity index (χ4n) is 2.78. The van der Waals surface area contributed by atoms with E-state index in [1.165, 1.54) is 19.3 Å². The van der Waals surface area contributed by atoms with Crippen LogP contribution < -0.4 is 0 Å². The third kappa shape index (κ3) is 3.99. The summed E-state index contributed by atoms with van der Waals surface area (Å²) in [4.78, 5) is 0. The Labute approximate surface area is 96.6 Å². The average molecular weight is 236 g/mol. The van der Waals surface area contributed by atoms with E-state index in [2.05, 4.69) is 13.8 Å². The molecule has 0 saturated heterocycles. The zero-order valence-electron chi connectivity index (χ0n) is 10.3. The van der Waals surface area contributed by atoms with Gasteiger partial charge in [-0.05, 0) is 37.5 Å². The van der Waals surface area contributed by atoms with Gasteiger partial charge in [-0.2, -0.15) is 13.2 Å². The summed E-state index contributed by atoms with van der Waals surface area (Å²) in [6, 6.07) is 0. The zero-order valence-corrected chi connectivity index (χ0v) is 10.3. The van der Waals surface area contributed by atoms with Crippen LogP contribution in [0.15, 0.2) is 0 Å². The lowest BCUT2D eigenvalue weighted by molar-refractivity contribution is -0.184. The normalized spacial score (nSPS) is 29.1. The standard InChI is InChI=1S/C13H23F3/c1-3-4-5-10(2)11-6-8-12(9-7-11)13(14,15)16/h10-12H,3-9H2,1-2H3. The Morgan fingerprint density at radius 1 is 1.12 bits per heavy atom. The molecule has 0 radical (unpaired) electrons. The minimum atomic E-state index is -3.96. The highest BCUT2D eigenvalue weighted by Gasteiger charge is 2.41. The predicted octanol–water partition coefficient (Wildman–Crippen LogP) is 5.18. The Hall–Kier alpha value is -0.210. The minimum Gasteiger partial charge on any atom is -0.171 e. The monoisotopic (exact) mass is 236 g/mol. The van der Waals surface area contributed by atoms with E-state index >= 15 is 0 Å². The Bertz CT molecular complexity index is 190. The summed E-state index contributed by atoms with van der Waals surface area (Å²) in [5.74, 6) is 0.112. The lowest BCUT2D eigenvalue weighted by atomic mass is 9.75. The van der Waals surface area contributed by atoms with Crippen molar-refractivity contribution in [1.29, 1.82) is 0 Å². The van der Waals surface area contributed by atoms with E-state index in [0.717, 1.165) is 12.8 Å². The highest BCUT2D eigenvalue weighted by atomic mass is 19.4. The lowest BCUT2D eigenvalue weighted by Crippen LogP contribution is -2.29. The van der Waals surface area contributed by atoms with Crippen molar-refractivity contribution in [3.63, 3.8) is 0 Å². The summed E-state index contributed by atoms with van der Waals surface area (Å²) in [6.45, 7) is 4.36. The minimum absolute atomic E-state index is 0.352. The highest BCUT2D eigenvalue weighted by Crippen LogP contribution is 2.42. The first-order chi connectivity index (χ1) is 7.45. The molecule has 1 saturated carbocycles. The van der Waals surface area contributed by atoms with Crippen molar-refractivity contribution in [1.82, 2.24) is 0 Å². The molecule has 0 nitrogen and oxygen atoms in total. The second kappa shape index (κ2) is 5.92. The Morgan fingerprint density at radius 2 is 1.69 bits per heavy atom. The first-order valence-electron chi connectivity index (χ1n) is 6.51. The van der Waals surface area contributed by atoms with Gasteiger partial charge in [-0.25, -0.2) is 0 Å². The molecule has 0 aliphatic heterocycles. The van der Waals surface area contributed by atoms with Gasteiger partial charge in [0.25, 0.3) is 0 Å². The number of halogens is 3. The number of unbranched alkanes of at least 4 members (excludes halogenated alkanes) is 1. The third-order valence-corrected chi connectivity index (χ3v) is 4.05. The summed E-state index contributed by atoms with van der Waals surface area (Å²) in [7, 11) is 0. The smallest absolute Gasteiger partial charge is 0.171 e. The molecule has 0 amide bonds. The molecule has 1 unspecified atom stereocenters. The van der Waals surface area contributed by atoms with E-state index in [1.54, 1.807) is 0 Å². The summed E-state index contributed by atoms with van der Waals surface area (Å²) in [6.07, 6.45) is 1.86. The van der Waals surface area contributed by atoms with Crippen LogP contribution >= 0.6 is 0 Å². The number of hydrogen-bond donors (Lipinski definition) is 0. The second-order valence-electron chi connectivity index (χ2n) is 5.27. The van der Waals surface area contributed by atoms with Gasteiger partial charge >= 0.3 is 6.18 Å². The van der Waals surface area contributed by atoms with Crippen LogP contribution in [0.4, 0.5) is 13.2 Å². The van der Waals surface area contributed by atoms with Crippen LogP contribution in [0.5, 0.6) is 0 Å². The quantitative estimate of drug-likeness (QED) is 0.630. The zero-order chi connectivity index (χ0) is 12.2. The van der Waals surface area contributed by atoms with Crippen LogP contribution in [0.2, 0.25) is 0 Å². The first kappa shape index (κ1) is 13.9. The van der Waals surface area contributed by atoms with Crippen LogP contribution in [-0.4, -0.2) is 6.18 Å². The van der Waals surface area contributed by atoms with Crippen molar-refractivity contribution in [3.05, 3.63) is 0 Å². The van der Waals surface area contributed by atoms with Crippen molar-refractivity contribution in [2.24, 2.45) is 17.8 Å². The molecule has 3 heteroatoms. The van der Waals surface area contributed by atoms with Crippen molar-refractivity contribution in [2.45, 2.75) is 65.0 Å². The van der Waals surface area contributed by atoms with Crippen LogP contribution in [0.1, 0.15) is 58.8 Å². The van der Waals surface area contributed by atoms with E-state index in [0.29, 0.717) is 24.7 Å². The molecule has 1 aliphatic carbocycles. The molecule has 1 rings (SSSR count). The molecule has 1 atom stereocenters. The number of rotatable bonds is 4. The van der Waals surface area contributed by atoms with E-state index in [-0.39, 0.29) is 0 Å². The summed E-state index contributed by atoms with van der Waals surface area (Å²) in [5.41, 5.74) is 0. The van der Waals surface area contributed by atoms with Gasteiger partial charge in [0.2, 0.25) is 0 Å². The predicted molar refractivity (Wildman–Crippen MR) is 60.2 cm³/mol. The largest absolute Gasteiger partial charge is 0.391 e. The van der Waals surface area contributed by atoms with Gasteiger partial charge in [-0.1, -0.05) is 33.1 Å². The Morgan fingerprint density at radius 3 is 2.12 bits per heavy atom. The van der Waals surface area contributed by atoms with Gasteiger partial charge in [-0.3, -0.25) is 0 Å². The molecule has 0 aromatic carbocycles. The van der Waals surface area contributed by atoms with Crippen molar-refractivity contribution >= 4 is 0 Å². The summed E-state index contributed by atoms with van der Waals surface area (Å²) in [5, 5.41) is 0. The number of hydrogen-bond acceptors (Lipinski definition) is 0. The average Bonchev–Trinajstić information content (AvgIpc) is 2.25. The van der Waals surface area contributed by atoms with Gasteiger partial charge in [0, 0.05) is 0 Å². The van der Waals surface area contributed by atoms with Gasteiger partial charge in [-0.15, -0.1) is 0 Å². The molecular formula is C13H23F3. The van der Waals surface area contributed by atoms with Gasteiger partial charge in [0.05, 0.1) is 5.92 Å². The lowest BCUT2D eigenvalue weighted by Gasteiger charge is -2.33. The van der Waals surface area contributed by atoms with Crippen LogP contribution in [0.25, 0.3) is 0 Å². The number of alkyl halides is 3. The molecule has 16 heavy (non-hydrogen) atoms. The molecule has 1 aliphatic rings.